The molecule has 0 radical (unpaired) electrons. The third-order valence-electron chi connectivity index (χ3n) is 3.22. The van der Waals surface area contributed by atoms with Crippen LogP contribution in [-0.4, -0.2) is 30.4 Å². The van der Waals surface area contributed by atoms with Crippen molar-refractivity contribution in [2.24, 2.45) is 0 Å². The molecule has 2 aromatic heterocycles. The predicted octanol–water partition coefficient (Wildman–Crippen LogP) is 2.71. The van der Waals surface area contributed by atoms with Gasteiger partial charge in [-0.25, -0.2) is 13.9 Å². The summed E-state index contributed by atoms with van der Waals surface area (Å²) >= 11 is 1.34. The summed E-state index contributed by atoms with van der Waals surface area (Å²) in [6.45, 7) is 3.85. The van der Waals surface area contributed by atoms with Gasteiger partial charge in [0.2, 0.25) is 5.16 Å². The van der Waals surface area contributed by atoms with E-state index in [0.29, 0.717) is 22.3 Å². The Bertz CT molecular complexity index is 803. The molecule has 0 bridgehead atoms. The van der Waals surface area contributed by atoms with Crippen LogP contribution in [0, 0.1) is 19.7 Å². The van der Waals surface area contributed by atoms with Crippen molar-refractivity contribution >= 4 is 17.5 Å². The summed E-state index contributed by atoms with van der Waals surface area (Å²) in [6, 6.07) is 7.76. The average Bonchev–Trinajstić information content (AvgIpc) is 2.89. The van der Waals surface area contributed by atoms with E-state index >= 15 is 0 Å². The zero-order chi connectivity index (χ0) is 15.7. The standard InChI is InChI=1S/C15H15FN4OS/c1-9-7-10(2)20-14(17-9)18-15(19-20)22-8-13(21)11-3-5-12(16)6-4-11/h3-7,13,21H,8H2,1-2H3. The van der Waals surface area contributed by atoms with E-state index in [9.17, 15) is 9.50 Å². The lowest BCUT2D eigenvalue weighted by molar-refractivity contribution is 0.204. The van der Waals surface area contributed by atoms with Crippen LogP contribution in [-0.2, 0) is 0 Å². The van der Waals surface area contributed by atoms with Gasteiger partial charge in [-0.3, -0.25) is 0 Å². The summed E-state index contributed by atoms with van der Waals surface area (Å²) in [5, 5.41) is 15.1. The number of hydrogen-bond acceptors (Lipinski definition) is 5. The zero-order valence-electron chi connectivity index (χ0n) is 12.2. The molecule has 22 heavy (non-hydrogen) atoms. The first-order valence-electron chi connectivity index (χ1n) is 6.80. The molecule has 0 aliphatic heterocycles. The highest BCUT2D eigenvalue weighted by Gasteiger charge is 2.12. The van der Waals surface area contributed by atoms with Crippen LogP contribution in [0.25, 0.3) is 5.78 Å². The van der Waals surface area contributed by atoms with Crippen molar-refractivity contribution in [1.82, 2.24) is 19.6 Å². The van der Waals surface area contributed by atoms with Gasteiger partial charge < -0.3 is 5.11 Å². The fourth-order valence-corrected chi connectivity index (χ4v) is 2.93. The molecule has 0 spiro atoms. The Morgan fingerprint density at radius 2 is 1.95 bits per heavy atom. The molecule has 5 nitrogen and oxygen atoms in total. The van der Waals surface area contributed by atoms with Gasteiger partial charge in [-0.05, 0) is 37.6 Å². The number of benzene rings is 1. The van der Waals surface area contributed by atoms with Crippen LogP contribution in [0.15, 0.2) is 35.5 Å². The Morgan fingerprint density at radius 3 is 2.68 bits per heavy atom. The zero-order valence-corrected chi connectivity index (χ0v) is 13.0. The lowest BCUT2D eigenvalue weighted by Gasteiger charge is -2.08. The van der Waals surface area contributed by atoms with Crippen molar-refractivity contribution < 1.29 is 9.50 Å². The van der Waals surface area contributed by atoms with E-state index < -0.39 is 6.10 Å². The minimum atomic E-state index is -0.701. The molecule has 114 valence electrons. The number of halogens is 1. The Hall–Kier alpha value is -1.99. The van der Waals surface area contributed by atoms with Crippen molar-refractivity contribution in [3.8, 4) is 0 Å². The van der Waals surface area contributed by atoms with Crippen molar-refractivity contribution in [3.05, 3.63) is 53.1 Å². The molecule has 1 unspecified atom stereocenters. The molecule has 7 heteroatoms. The summed E-state index contributed by atoms with van der Waals surface area (Å²) in [7, 11) is 0. The van der Waals surface area contributed by atoms with E-state index in [1.165, 1.54) is 23.9 Å². The van der Waals surface area contributed by atoms with Crippen LogP contribution in [0.3, 0.4) is 0 Å². The lowest BCUT2D eigenvalue weighted by Crippen LogP contribution is -2.01. The van der Waals surface area contributed by atoms with Gasteiger partial charge in [-0.1, -0.05) is 23.9 Å². The van der Waals surface area contributed by atoms with E-state index in [1.54, 1.807) is 16.6 Å². The average molecular weight is 318 g/mol. The molecule has 0 fully saturated rings. The van der Waals surface area contributed by atoms with Crippen LogP contribution in [0.4, 0.5) is 4.39 Å². The highest BCUT2D eigenvalue weighted by Crippen LogP contribution is 2.23. The predicted molar refractivity (Wildman–Crippen MR) is 82.3 cm³/mol. The monoisotopic (exact) mass is 318 g/mol. The molecule has 3 rings (SSSR count). The molecule has 1 aromatic carbocycles. The summed E-state index contributed by atoms with van der Waals surface area (Å²) in [5.74, 6) is 0.624. The number of thioether (sulfide) groups is 1. The smallest absolute Gasteiger partial charge is 0.253 e. The summed E-state index contributed by atoms with van der Waals surface area (Å²) < 4.78 is 14.6. The van der Waals surface area contributed by atoms with E-state index in [0.717, 1.165) is 11.4 Å². The molecular formula is C15H15FN4OS. The molecule has 1 N–H and O–H groups in total. The lowest BCUT2D eigenvalue weighted by atomic mass is 10.1. The number of aryl methyl sites for hydroxylation is 2. The molecule has 0 saturated heterocycles. The minimum Gasteiger partial charge on any atom is -0.388 e. The molecule has 0 saturated carbocycles. The first-order valence-corrected chi connectivity index (χ1v) is 7.79. The Morgan fingerprint density at radius 1 is 1.23 bits per heavy atom. The van der Waals surface area contributed by atoms with E-state index in [4.69, 9.17) is 0 Å². The molecule has 2 heterocycles. The maximum absolute atomic E-state index is 12.9. The summed E-state index contributed by atoms with van der Waals surface area (Å²) in [4.78, 5) is 8.67. The molecule has 0 aliphatic carbocycles. The molecule has 3 aromatic rings. The number of aliphatic hydroxyl groups excluding tert-OH is 1. The molecular weight excluding hydrogens is 303 g/mol. The van der Waals surface area contributed by atoms with Gasteiger partial charge in [0.25, 0.3) is 5.78 Å². The van der Waals surface area contributed by atoms with Crippen LogP contribution in [0.5, 0.6) is 0 Å². The van der Waals surface area contributed by atoms with Gasteiger partial charge in [0.05, 0.1) is 6.10 Å². The number of hydrogen-bond donors (Lipinski definition) is 1. The largest absolute Gasteiger partial charge is 0.388 e. The van der Waals surface area contributed by atoms with Crippen LogP contribution in [0.2, 0.25) is 0 Å². The minimum absolute atomic E-state index is 0.317. The molecule has 1 atom stereocenters. The van der Waals surface area contributed by atoms with Gasteiger partial charge in [-0.2, -0.15) is 4.98 Å². The van der Waals surface area contributed by atoms with Gasteiger partial charge in [-0.15, -0.1) is 5.10 Å². The normalized spacial score (nSPS) is 12.7. The first-order chi connectivity index (χ1) is 10.5. The van der Waals surface area contributed by atoms with Gasteiger partial charge in [0.15, 0.2) is 0 Å². The van der Waals surface area contributed by atoms with Crippen molar-refractivity contribution in [2.75, 3.05) is 5.75 Å². The van der Waals surface area contributed by atoms with Crippen molar-refractivity contribution in [2.45, 2.75) is 25.1 Å². The number of aliphatic hydroxyl groups is 1. The highest BCUT2D eigenvalue weighted by molar-refractivity contribution is 7.99. The highest BCUT2D eigenvalue weighted by atomic mass is 32.2. The van der Waals surface area contributed by atoms with Crippen LogP contribution >= 0.6 is 11.8 Å². The summed E-state index contributed by atoms with van der Waals surface area (Å²) in [5.41, 5.74) is 2.52. The number of nitrogens with zero attached hydrogens (tertiary/aromatic N) is 4. The fraction of sp³-hybridized carbons (Fsp3) is 0.267. The van der Waals surface area contributed by atoms with Gasteiger partial charge >= 0.3 is 0 Å². The fourth-order valence-electron chi connectivity index (χ4n) is 2.14. The summed E-state index contributed by atoms with van der Waals surface area (Å²) in [6.07, 6.45) is -0.701. The number of aromatic nitrogens is 4. The maximum Gasteiger partial charge on any atom is 0.253 e. The van der Waals surface area contributed by atoms with Crippen LogP contribution < -0.4 is 0 Å². The van der Waals surface area contributed by atoms with E-state index in [-0.39, 0.29) is 5.82 Å². The Kier molecular flexibility index (Phi) is 4.08. The SMILES string of the molecule is Cc1cc(C)n2nc(SCC(O)c3ccc(F)cc3)nc2n1. The quantitative estimate of drug-likeness (QED) is 0.749. The Labute approximate surface area is 131 Å². The van der Waals surface area contributed by atoms with E-state index in [2.05, 4.69) is 15.1 Å². The second kappa shape index (κ2) is 6.02. The maximum atomic E-state index is 12.9. The first kappa shape index (κ1) is 14.9. The third-order valence-corrected chi connectivity index (χ3v) is 4.14. The van der Waals surface area contributed by atoms with Gasteiger partial charge in [0, 0.05) is 17.1 Å². The number of rotatable bonds is 4. The Balaban J connectivity index is 1.73. The number of fused-ring (bicyclic) bond motifs is 1. The van der Waals surface area contributed by atoms with E-state index in [1.807, 2.05) is 19.9 Å². The van der Waals surface area contributed by atoms with Crippen molar-refractivity contribution in [1.29, 1.82) is 0 Å². The third kappa shape index (κ3) is 3.10. The van der Waals surface area contributed by atoms with Crippen LogP contribution in [0.1, 0.15) is 23.1 Å². The topological polar surface area (TPSA) is 63.3 Å². The molecule has 0 amide bonds. The second-order valence-electron chi connectivity index (χ2n) is 5.02. The van der Waals surface area contributed by atoms with Crippen molar-refractivity contribution in [3.63, 3.8) is 0 Å². The van der Waals surface area contributed by atoms with Gasteiger partial charge in [0.1, 0.15) is 5.82 Å². The molecule has 0 aliphatic rings. The second-order valence-corrected chi connectivity index (χ2v) is 6.01.